The first-order valence-electron chi connectivity index (χ1n) is 5.63. The molecule has 0 spiro atoms. The summed E-state index contributed by atoms with van der Waals surface area (Å²) in [5.41, 5.74) is 0.900. The Morgan fingerprint density at radius 1 is 1.12 bits per heavy atom. The van der Waals surface area contributed by atoms with Crippen LogP contribution in [0.5, 0.6) is 11.5 Å². The van der Waals surface area contributed by atoms with Crippen molar-refractivity contribution >= 4 is 5.69 Å². The zero-order valence-electron chi connectivity index (χ0n) is 8.91. The van der Waals surface area contributed by atoms with Gasteiger partial charge in [0.25, 0.3) is 0 Å². The third-order valence-electron chi connectivity index (χ3n) is 3.08. The molecule has 0 saturated heterocycles. The molecule has 1 saturated carbocycles. The van der Waals surface area contributed by atoms with E-state index in [2.05, 4.69) is 5.32 Å². The maximum absolute atomic E-state index is 13.1. The van der Waals surface area contributed by atoms with Gasteiger partial charge in [-0.15, -0.1) is 0 Å². The predicted molar refractivity (Wildman–Crippen MR) is 59.0 cm³/mol. The number of anilines is 1. The minimum atomic E-state index is -0.715. The van der Waals surface area contributed by atoms with Crippen LogP contribution < -0.4 is 14.8 Å². The molecular weight excluding hydrogens is 209 g/mol. The van der Waals surface area contributed by atoms with E-state index in [-0.39, 0.29) is 6.04 Å². The minimum absolute atomic E-state index is 0.0393. The summed E-state index contributed by atoms with van der Waals surface area (Å²) >= 11 is 0. The van der Waals surface area contributed by atoms with Crippen molar-refractivity contribution in [2.75, 3.05) is 18.5 Å². The zero-order chi connectivity index (χ0) is 11.0. The molecule has 0 radical (unpaired) electrons. The molecule has 1 N–H and O–H groups in total. The van der Waals surface area contributed by atoms with Crippen molar-refractivity contribution in [3.8, 4) is 11.5 Å². The molecule has 3 nitrogen and oxygen atoms in total. The normalized spacial score (nSPS) is 27.1. The smallest absolute Gasteiger partial charge is 0.163 e. The topological polar surface area (TPSA) is 30.5 Å². The number of halogens is 1. The first-order valence-corrected chi connectivity index (χ1v) is 5.63. The van der Waals surface area contributed by atoms with Gasteiger partial charge in [-0.05, 0) is 25.0 Å². The third-order valence-corrected chi connectivity index (χ3v) is 3.08. The van der Waals surface area contributed by atoms with E-state index in [9.17, 15) is 4.39 Å². The van der Waals surface area contributed by atoms with E-state index in [1.807, 2.05) is 18.2 Å². The summed E-state index contributed by atoms with van der Waals surface area (Å²) in [5, 5.41) is 3.17. The average molecular weight is 223 g/mol. The number of hydrogen-bond donors (Lipinski definition) is 1. The molecule has 0 bridgehead atoms. The number of ether oxygens (including phenoxy) is 2. The van der Waals surface area contributed by atoms with Crippen molar-refractivity contribution in [1.29, 1.82) is 0 Å². The third kappa shape index (κ3) is 1.68. The lowest BCUT2D eigenvalue weighted by Gasteiger charge is -2.32. The highest BCUT2D eigenvalue weighted by molar-refractivity contribution is 5.56. The quantitative estimate of drug-likeness (QED) is 0.835. The summed E-state index contributed by atoms with van der Waals surface area (Å²) in [4.78, 5) is 0. The Kier molecular flexibility index (Phi) is 2.35. The van der Waals surface area contributed by atoms with Crippen LogP contribution in [-0.4, -0.2) is 25.4 Å². The molecule has 1 fully saturated rings. The Morgan fingerprint density at radius 3 is 2.62 bits per heavy atom. The Morgan fingerprint density at radius 2 is 1.94 bits per heavy atom. The number of fused-ring (bicyclic) bond motifs is 1. The number of alkyl halides is 1. The highest BCUT2D eigenvalue weighted by Crippen LogP contribution is 2.34. The minimum Gasteiger partial charge on any atom is -0.486 e. The second kappa shape index (κ2) is 3.85. The van der Waals surface area contributed by atoms with Crippen LogP contribution in [0.2, 0.25) is 0 Å². The van der Waals surface area contributed by atoms with E-state index in [1.165, 1.54) is 0 Å². The standard InChI is InChI=1S/C12H14FNO2/c13-9-2-3-10(9)14-8-1-4-11-12(7-8)16-6-5-15-11/h1,4,7,9-10,14H,2-3,5-6H2. The van der Waals surface area contributed by atoms with Crippen LogP contribution in [0.15, 0.2) is 18.2 Å². The fourth-order valence-corrected chi connectivity index (χ4v) is 1.97. The van der Waals surface area contributed by atoms with Crippen molar-refractivity contribution < 1.29 is 13.9 Å². The number of hydrogen-bond acceptors (Lipinski definition) is 3. The van der Waals surface area contributed by atoms with E-state index >= 15 is 0 Å². The summed E-state index contributed by atoms with van der Waals surface area (Å²) in [6.07, 6.45) is 0.853. The Hall–Kier alpha value is -1.45. The Bertz CT molecular complexity index is 397. The summed E-state index contributed by atoms with van der Waals surface area (Å²) < 4.78 is 24.0. The monoisotopic (exact) mass is 223 g/mol. The average Bonchev–Trinajstić information content (AvgIpc) is 2.34. The molecule has 0 amide bonds. The van der Waals surface area contributed by atoms with Gasteiger partial charge in [0.05, 0.1) is 6.04 Å². The molecular formula is C12H14FNO2. The van der Waals surface area contributed by atoms with E-state index in [0.717, 1.165) is 23.6 Å². The van der Waals surface area contributed by atoms with Gasteiger partial charge in [0, 0.05) is 11.8 Å². The fraction of sp³-hybridized carbons (Fsp3) is 0.500. The van der Waals surface area contributed by atoms with Crippen molar-refractivity contribution in [2.45, 2.75) is 25.1 Å². The fourth-order valence-electron chi connectivity index (χ4n) is 1.97. The molecule has 4 heteroatoms. The molecule has 3 rings (SSSR count). The number of nitrogens with one attached hydrogen (secondary N) is 1. The summed E-state index contributed by atoms with van der Waals surface area (Å²) in [5.74, 6) is 1.51. The van der Waals surface area contributed by atoms with E-state index in [4.69, 9.17) is 9.47 Å². The molecule has 86 valence electrons. The SMILES string of the molecule is FC1CCC1Nc1ccc2c(c1)OCCO2. The Labute approximate surface area is 93.6 Å². The highest BCUT2D eigenvalue weighted by atomic mass is 19.1. The van der Waals surface area contributed by atoms with Gasteiger partial charge in [0.15, 0.2) is 11.5 Å². The van der Waals surface area contributed by atoms with Gasteiger partial charge in [-0.2, -0.15) is 0 Å². The van der Waals surface area contributed by atoms with Crippen molar-refractivity contribution in [1.82, 2.24) is 0 Å². The first-order chi connectivity index (χ1) is 7.83. The van der Waals surface area contributed by atoms with Crippen LogP contribution in [0.3, 0.4) is 0 Å². The lowest BCUT2D eigenvalue weighted by molar-refractivity contribution is 0.171. The van der Waals surface area contributed by atoms with Crippen molar-refractivity contribution in [3.63, 3.8) is 0 Å². The van der Waals surface area contributed by atoms with Crippen LogP contribution in [0.4, 0.5) is 10.1 Å². The molecule has 16 heavy (non-hydrogen) atoms. The van der Waals surface area contributed by atoms with Gasteiger partial charge in [-0.25, -0.2) is 4.39 Å². The lowest BCUT2D eigenvalue weighted by atomic mass is 9.90. The number of benzene rings is 1. The molecule has 0 aromatic heterocycles. The van der Waals surface area contributed by atoms with Crippen molar-refractivity contribution in [2.24, 2.45) is 0 Å². The maximum Gasteiger partial charge on any atom is 0.163 e. The van der Waals surface area contributed by atoms with Gasteiger partial charge < -0.3 is 14.8 Å². The maximum atomic E-state index is 13.1. The van der Waals surface area contributed by atoms with Crippen LogP contribution in [0.1, 0.15) is 12.8 Å². The highest BCUT2D eigenvalue weighted by Gasteiger charge is 2.30. The number of rotatable bonds is 2. The molecule has 1 aliphatic heterocycles. The second-order valence-corrected chi connectivity index (χ2v) is 4.20. The van der Waals surface area contributed by atoms with Crippen molar-refractivity contribution in [3.05, 3.63) is 18.2 Å². The van der Waals surface area contributed by atoms with E-state index in [1.54, 1.807) is 0 Å². The van der Waals surface area contributed by atoms with Gasteiger partial charge in [0.1, 0.15) is 19.4 Å². The molecule has 1 aromatic rings. The second-order valence-electron chi connectivity index (χ2n) is 4.20. The van der Waals surface area contributed by atoms with Gasteiger partial charge >= 0.3 is 0 Å². The predicted octanol–water partition coefficient (Wildman–Crippen LogP) is 2.37. The van der Waals surface area contributed by atoms with Crippen LogP contribution in [0.25, 0.3) is 0 Å². The van der Waals surface area contributed by atoms with E-state index < -0.39 is 6.17 Å². The van der Waals surface area contributed by atoms with Crippen LogP contribution in [0, 0.1) is 0 Å². The zero-order valence-corrected chi connectivity index (χ0v) is 8.91. The molecule has 2 unspecified atom stereocenters. The van der Waals surface area contributed by atoms with Crippen LogP contribution in [-0.2, 0) is 0 Å². The molecule has 1 aromatic carbocycles. The summed E-state index contributed by atoms with van der Waals surface area (Å²) in [6, 6.07) is 5.60. The largest absolute Gasteiger partial charge is 0.486 e. The van der Waals surface area contributed by atoms with Gasteiger partial charge in [-0.1, -0.05) is 0 Å². The lowest BCUT2D eigenvalue weighted by Crippen LogP contribution is -2.39. The first kappa shape index (κ1) is 9.75. The molecule has 2 atom stereocenters. The van der Waals surface area contributed by atoms with Gasteiger partial charge in [-0.3, -0.25) is 0 Å². The summed E-state index contributed by atoms with van der Waals surface area (Å²) in [7, 11) is 0. The summed E-state index contributed by atoms with van der Waals surface area (Å²) in [6.45, 7) is 1.17. The van der Waals surface area contributed by atoms with Gasteiger partial charge in [0.2, 0.25) is 0 Å². The molecule has 2 aliphatic rings. The Balaban J connectivity index is 1.75. The van der Waals surface area contributed by atoms with Crippen LogP contribution >= 0.6 is 0 Å². The molecule has 1 aliphatic carbocycles. The van der Waals surface area contributed by atoms with E-state index in [0.29, 0.717) is 19.6 Å². The molecule has 1 heterocycles.